The molecule has 1 atom stereocenters. The summed E-state index contributed by atoms with van der Waals surface area (Å²) in [4.78, 5) is 22.8. The summed E-state index contributed by atoms with van der Waals surface area (Å²) in [7, 11) is 0. The molecule has 0 spiro atoms. The molecular formula is C14H20N4O2. The van der Waals surface area contributed by atoms with Crippen molar-refractivity contribution in [3.63, 3.8) is 0 Å². The zero-order valence-corrected chi connectivity index (χ0v) is 11.3. The highest BCUT2D eigenvalue weighted by atomic mass is 16.2. The smallest absolute Gasteiger partial charge is 0.316 e. The molecule has 1 aliphatic heterocycles. The first-order valence-corrected chi connectivity index (χ1v) is 6.80. The summed E-state index contributed by atoms with van der Waals surface area (Å²) < 4.78 is 0. The van der Waals surface area contributed by atoms with Crippen molar-refractivity contribution < 1.29 is 9.59 Å². The molecule has 1 saturated heterocycles. The van der Waals surface area contributed by atoms with Gasteiger partial charge in [-0.3, -0.25) is 4.79 Å². The zero-order chi connectivity index (χ0) is 14.4. The van der Waals surface area contributed by atoms with Crippen molar-refractivity contribution in [2.75, 3.05) is 25.0 Å². The van der Waals surface area contributed by atoms with E-state index in [0.29, 0.717) is 23.7 Å². The molecule has 2 rings (SSSR count). The molecule has 0 saturated carbocycles. The Hall–Kier alpha value is -2.08. The summed E-state index contributed by atoms with van der Waals surface area (Å²) in [6, 6.07) is 6.07. The molecule has 6 heteroatoms. The number of rotatable bonds is 4. The molecule has 20 heavy (non-hydrogen) atoms. The van der Waals surface area contributed by atoms with Crippen LogP contribution >= 0.6 is 0 Å². The van der Waals surface area contributed by atoms with E-state index < -0.39 is 6.03 Å². The number of nitrogens with one attached hydrogen (secondary N) is 3. The molecule has 1 unspecified atom stereocenters. The Morgan fingerprint density at radius 1 is 1.40 bits per heavy atom. The Morgan fingerprint density at radius 2 is 2.25 bits per heavy atom. The number of piperidine rings is 1. The standard InChI is InChI=1S/C14H20N4O2/c15-14(20)18-12-5-1-4-11(7-12)13(19)17-9-10-3-2-6-16-8-10/h1,4-5,7,10,16H,2-3,6,8-9H2,(H,17,19)(H3,15,18,20). The molecule has 108 valence electrons. The SMILES string of the molecule is NC(=O)Nc1cccc(C(=O)NCC2CCCNC2)c1. The first-order chi connectivity index (χ1) is 9.65. The van der Waals surface area contributed by atoms with E-state index in [-0.39, 0.29) is 5.91 Å². The molecule has 5 N–H and O–H groups in total. The number of hydrogen-bond acceptors (Lipinski definition) is 3. The van der Waals surface area contributed by atoms with Gasteiger partial charge in [0.15, 0.2) is 0 Å². The van der Waals surface area contributed by atoms with Crippen molar-refractivity contribution in [2.45, 2.75) is 12.8 Å². The monoisotopic (exact) mass is 276 g/mol. The fourth-order valence-corrected chi connectivity index (χ4v) is 2.32. The van der Waals surface area contributed by atoms with E-state index in [2.05, 4.69) is 16.0 Å². The van der Waals surface area contributed by atoms with Gasteiger partial charge < -0.3 is 21.7 Å². The van der Waals surface area contributed by atoms with E-state index in [0.717, 1.165) is 25.9 Å². The third-order valence-electron chi connectivity index (χ3n) is 3.34. The van der Waals surface area contributed by atoms with Crippen LogP contribution in [0.2, 0.25) is 0 Å². The number of hydrogen-bond donors (Lipinski definition) is 4. The summed E-state index contributed by atoms with van der Waals surface area (Å²) in [5.41, 5.74) is 6.08. The first kappa shape index (κ1) is 14.3. The lowest BCUT2D eigenvalue weighted by atomic mass is 9.99. The predicted molar refractivity (Wildman–Crippen MR) is 77.6 cm³/mol. The van der Waals surface area contributed by atoms with Crippen LogP contribution < -0.4 is 21.7 Å². The number of nitrogens with two attached hydrogens (primary N) is 1. The van der Waals surface area contributed by atoms with Crippen molar-refractivity contribution in [2.24, 2.45) is 11.7 Å². The zero-order valence-electron chi connectivity index (χ0n) is 11.3. The van der Waals surface area contributed by atoms with Crippen molar-refractivity contribution >= 4 is 17.6 Å². The maximum atomic E-state index is 12.0. The van der Waals surface area contributed by atoms with Crippen LogP contribution in [0.1, 0.15) is 23.2 Å². The maximum Gasteiger partial charge on any atom is 0.316 e. The van der Waals surface area contributed by atoms with Gasteiger partial charge in [0.2, 0.25) is 0 Å². The van der Waals surface area contributed by atoms with Crippen molar-refractivity contribution in [3.8, 4) is 0 Å². The number of primary amides is 1. The fraction of sp³-hybridized carbons (Fsp3) is 0.429. The van der Waals surface area contributed by atoms with Crippen LogP contribution in [-0.4, -0.2) is 31.6 Å². The van der Waals surface area contributed by atoms with E-state index in [1.807, 2.05) is 0 Å². The lowest BCUT2D eigenvalue weighted by molar-refractivity contribution is 0.0945. The lowest BCUT2D eigenvalue weighted by Crippen LogP contribution is -2.38. The van der Waals surface area contributed by atoms with Gasteiger partial charge in [0.25, 0.3) is 5.91 Å². The summed E-state index contributed by atoms with van der Waals surface area (Å²) in [5, 5.41) is 8.70. The molecule has 6 nitrogen and oxygen atoms in total. The largest absolute Gasteiger partial charge is 0.352 e. The number of anilines is 1. The third-order valence-corrected chi connectivity index (χ3v) is 3.34. The van der Waals surface area contributed by atoms with E-state index in [1.165, 1.54) is 0 Å². The average molecular weight is 276 g/mol. The second-order valence-corrected chi connectivity index (χ2v) is 4.99. The minimum Gasteiger partial charge on any atom is -0.352 e. The van der Waals surface area contributed by atoms with Gasteiger partial charge in [0.05, 0.1) is 0 Å². The van der Waals surface area contributed by atoms with E-state index in [4.69, 9.17) is 5.73 Å². The topological polar surface area (TPSA) is 96.2 Å². The van der Waals surface area contributed by atoms with Gasteiger partial charge in [-0.15, -0.1) is 0 Å². The molecule has 3 amide bonds. The van der Waals surface area contributed by atoms with Gasteiger partial charge >= 0.3 is 6.03 Å². The van der Waals surface area contributed by atoms with Crippen LogP contribution in [0, 0.1) is 5.92 Å². The summed E-state index contributed by atoms with van der Waals surface area (Å²) in [5.74, 6) is 0.350. The highest BCUT2D eigenvalue weighted by Gasteiger charge is 2.14. The Morgan fingerprint density at radius 3 is 2.95 bits per heavy atom. The number of carbonyl (C=O) groups is 2. The molecule has 1 aromatic rings. The second-order valence-electron chi connectivity index (χ2n) is 4.99. The Kier molecular flexibility index (Phi) is 4.95. The van der Waals surface area contributed by atoms with Crippen molar-refractivity contribution in [1.29, 1.82) is 0 Å². The number of urea groups is 1. The average Bonchev–Trinajstić information content (AvgIpc) is 2.45. The van der Waals surface area contributed by atoms with E-state index in [9.17, 15) is 9.59 Å². The molecular weight excluding hydrogens is 256 g/mol. The molecule has 0 bridgehead atoms. The third kappa shape index (κ3) is 4.24. The van der Waals surface area contributed by atoms with Gasteiger partial charge in [0, 0.05) is 17.8 Å². The maximum absolute atomic E-state index is 12.0. The van der Waals surface area contributed by atoms with Gasteiger partial charge in [-0.1, -0.05) is 6.07 Å². The van der Waals surface area contributed by atoms with Crippen LogP contribution in [0.3, 0.4) is 0 Å². The van der Waals surface area contributed by atoms with Crippen LogP contribution in [0.5, 0.6) is 0 Å². The van der Waals surface area contributed by atoms with Gasteiger partial charge in [0.1, 0.15) is 0 Å². The Labute approximate surface area is 118 Å². The predicted octanol–water partition coefficient (Wildman–Crippen LogP) is 0.907. The Balaban J connectivity index is 1.89. The number of benzene rings is 1. The van der Waals surface area contributed by atoms with Crippen molar-refractivity contribution in [3.05, 3.63) is 29.8 Å². The highest BCUT2D eigenvalue weighted by molar-refractivity contribution is 5.96. The van der Waals surface area contributed by atoms with Crippen LogP contribution in [-0.2, 0) is 0 Å². The van der Waals surface area contributed by atoms with Gasteiger partial charge in [-0.2, -0.15) is 0 Å². The molecule has 1 aromatic carbocycles. The molecule has 1 aliphatic rings. The number of carbonyl (C=O) groups excluding carboxylic acids is 2. The minimum atomic E-state index is -0.643. The van der Waals surface area contributed by atoms with Crippen LogP contribution in [0.15, 0.2) is 24.3 Å². The second kappa shape index (κ2) is 6.91. The quantitative estimate of drug-likeness (QED) is 0.658. The van der Waals surface area contributed by atoms with Crippen molar-refractivity contribution in [1.82, 2.24) is 10.6 Å². The molecule has 0 aliphatic carbocycles. The fourth-order valence-electron chi connectivity index (χ4n) is 2.32. The number of amides is 3. The normalized spacial score (nSPS) is 18.3. The molecule has 1 fully saturated rings. The molecule has 0 aromatic heterocycles. The van der Waals surface area contributed by atoms with Gasteiger partial charge in [-0.05, 0) is 50.0 Å². The Bertz CT molecular complexity index is 484. The lowest BCUT2D eigenvalue weighted by Gasteiger charge is -2.22. The van der Waals surface area contributed by atoms with Crippen LogP contribution in [0.25, 0.3) is 0 Å². The highest BCUT2D eigenvalue weighted by Crippen LogP contribution is 2.12. The summed E-state index contributed by atoms with van der Waals surface area (Å²) in [6.45, 7) is 2.67. The van der Waals surface area contributed by atoms with Crippen LogP contribution in [0.4, 0.5) is 10.5 Å². The molecule has 1 heterocycles. The first-order valence-electron chi connectivity index (χ1n) is 6.80. The summed E-state index contributed by atoms with van der Waals surface area (Å²) >= 11 is 0. The van der Waals surface area contributed by atoms with E-state index >= 15 is 0 Å². The molecule has 0 radical (unpaired) electrons. The van der Waals surface area contributed by atoms with E-state index in [1.54, 1.807) is 24.3 Å². The minimum absolute atomic E-state index is 0.135. The van der Waals surface area contributed by atoms with Gasteiger partial charge in [-0.25, -0.2) is 4.79 Å². The summed E-state index contributed by atoms with van der Waals surface area (Å²) in [6.07, 6.45) is 2.29.